The topological polar surface area (TPSA) is 133 Å². The highest BCUT2D eigenvalue weighted by Gasteiger charge is 2.17. The van der Waals surface area contributed by atoms with Crippen LogP contribution in [-0.4, -0.2) is 38.8 Å². The zero-order valence-corrected chi connectivity index (χ0v) is 24.6. The molecule has 0 atom stereocenters. The molecule has 0 unspecified atom stereocenters. The number of aromatic nitrogens is 1. The number of primary amides is 1. The summed E-state index contributed by atoms with van der Waals surface area (Å²) in [6.45, 7) is 7.40. The summed E-state index contributed by atoms with van der Waals surface area (Å²) in [5, 5.41) is 7.76. The van der Waals surface area contributed by atoms with Gasteiger partial charge in [0.15, 0.2) is 21.3 Å². The van der Waals surface area contributed by atoms with Gasteiger partial charge < -0.3 is 25.8 Å². The van der Waals surface area contributed by atoms with Crippen LogP contribution in [0.1, 0.15) is 37.5 Å². The van der Waals surface area contributed by atoms with Crippen LogP contribution in [0.3, 0.4) is 0 Å². The Hall–Kier alpha value is -4.31. The first kappa shape index (κ1) is 29.7. The number of hydrogen-bond acceptors (Lipinski definition) is 8. The molecule has 0 aliphatic rings. The zero-order chi connectivity index (χ0) is 29.6. The van der Waals surface area contributed by atoms with Crippen LogP contribution in [0.5, 0.6) is 11.5 Å². The fourth-order valence-electron chi connectivity index (χ4n) is 4.73. The highest BCUT2D eigenvalue weighted by Crippen LogP contribution is 2.38. The van der Waals surface area contributed by atoms with Gasteiger partial charge in [-0.15, -0.1) is 0 Å². The Morgan fingerprint density at radius 2 is 1.63 bits per heavy atom. The number of fused-ring (bicyclic) bond motifs is 1. The number of sulfone groups is 1. The largest absolute Gasteiger partial charge is 0.490 e. The van der Waals surface area contributed by atoms with Crippen molar-refractivity contribution in [3.05, 3.63) is 77.5 Å². The summed E-state index contributed by atoms with van der Waals surface area (Å²) >= 11 is 0. The van der Waals surface area contributed by atoms with Gasteiger partial charge in [0.05, 0.1) is 35.7 Å². The van der Waals surface area contributed by atoms with E-state index in [9.17, 15) is 13.2 Å². The predicted molar refractivity (Wildman–Crippen MR) is 163 cm³/mol. The molecule has 0 saturated carbocycles. The normalized spacial score (nSPS) is 11.3. The van der Waals surface area contributed by atoms with Crippen LogP contribution in [-0.2, 0) is 34.0 Å². The van der Waals surface area contributed by atoms with Gasteiger partial charge >= 0.3 is 0 Å². The lowest BCUT2D eigenvalue weighted by molar-refractivity contribution is -0.117. The van der Waals surface area contributed by atoms with E-state index < -0.39 is 15.7 Å². The van der Waals surface area contributed by atoms with Crippen molar-refractivity contribution in [3.8, 4) is 11.5 Å². The second-order valence-corrected chi connectivity index (χ2v) is 11.6. The van der Waals surface area contributed by atoms with E-state index in [1.54, 1.807) is 30.5 Å². The molecule has 0 spiro atoms. The lowest BCUT2D eigenvalue weighted by Gasteiger charge is -2.20. The molecule has 0 radical (unpaired) electrons. The third-order valence-electron chi connectivity index (χ3n) is 6.63. The van der Waals surface area contributed by atoms with Gasteiger partial charge in [-0.1, -0.05) is 19.1 Å². The Labute approximate surface area is 241 Å². The van der Waals surface area contributed by atoms with Crippen LogP contribution in [0.4, 0.5) is 17.1 Å². The van der Waals surface area contributed by atoms with E-state index in [1.165, 1.54) is 6.26 Å². The van der Waals surface area contributed by atoms with Crippen molar-refractivity contribution in [1.82, 2.24) is 4.98 Å². The van der Waals surface area contributed by atoms with E-state index in [-0.39, 0.29) is 11.3 Å². The Morgan fingerprint density at radius 3 is 2.24 bits per heavy atom. The molecule has 1 aromatic heterocycles. The number of carbonyl (C=O) groups is 1. The minimum Gasteiger partial charge on any atom is -0.490 e. The maximum absolute atomic E-state index is 12.0. The first-order valence-electron chi connectivity index (χ1n) is 13.6. The summed E-state index contributed by atoms with van der Waals surface area (Å²) in [7, 11) is -3.26. The highest BCUT2D eigenvalue weighted by atomic mass is 32.2. The van der Waals surface area contributed by atoms with Crippen LogP contribution < -0.4 is 25.8 Å². The number of ether oxygens (including phenoxy) is 2. The molecule has 9 nitrogen and oxygen atoms in total. The molecule has 0 fully saturated rings. The molecule has 41 heavy (non-hydrogen) atoms. The number of pyridine rings is 1. The van der Waals surface area contributed by atoms with Crippen molar-refractivity contribution < 1.29 is 22.7 Å². The van der Waals surface area contributed by atoms with Gasteiger partial charge in [0.25, 0.3) is 0 Å². The van der Waals surface area contributed by atoms with Gasteiger partial charge in [-0.05, 0) is 67.8 Å². The van der Waals surface area contributed by atoms with Crippen molar-refractivity contribution in [1.29, 1.82) is 0 Å². The fourth-order valence-corrected chi connectivity index (χ4v) is 5.36. The van der Waals surface area contributed by atoms with Crippen molar-refractivity contribution in [3.63, 3.8) is 0 Å². The first-order chi connectivity index (χ1) is 19.6. The molecule has 4 aromatic rings. The zero-order valence-electron chi connectivity index (χ0n) is 23.8. The summed E-state index contributed by atoms with van der Waals surface area (Å²) in [4.78, 5) is 16.8. The van der Waals surface area contributed by atoms with Gasteiger partial charge in [0.2, 0.25) is 5.91 Å². The van der Waals surface area contributed by atoms with Crippen LogP contribution >= 0.6 is 0 Å². The number of amides is 1. The van der Waals surface area contributed by atoms with Crippen molar-refractivity contribution in [2.45, 2.75) is 45.1 Å². The summed E-state index contributed by atoms with van der Waals surface area (Å²) in [5.41, 5.74) is 11.6. The second-order valence-electron chi connectivity index (χ2n) is 9.56. The molecule has 216 valence electrons. The Kier molecular flexibility index (Phi) is 9.34. The third kappa shape index (κ3) is 7.07. The number of nitrogens with two attached hydrogens (primary N) is 1. The summed E-state index contributed by atoms with van der Waals surface area (Å²) < 4.78 is 35.2. The minimum atomic E-state index is -3.26. The number of nitrogens with zero attached hydrogens (tertiary/aromatic N) is 1. The lowest BCUT2D eigenvalue weighted by Crippen LogP contribution is -2.15. The van der Waals surface area contributed by atoms with E-state index in [0.29, 0.717) is 42.3 Å². The minimum absolute atomic E-state index is 0.0225. The quantitative estimate of drug-likeness (QED) is 0.193. The molecule has 4 N–H and O–H groups in total. The SMILES string of the molecule is CCOc1cc2ncc(CC(N)=O)c(Nc3cccc(CNc4ccc(S(C)(=O)=O)cc4)c3CC)c2cc1OCC. The van der Waals surface area contributed by atoms with Crippen LogP contribution in [0, 0.1) is 0 Å². The molecular formula is C31H36N4O5S. The van der Waals surface area contributed by atoms with Crippen molar-refractivity contribution >= 4 is 43.7 Å². The van der Waals surface area contributed by atoms with E-state index >= 15 is 0 Å². The van der Waals surface area contributed by atoms with E-state index in [1.807, 2.05) is 38.1 Å². The molecule has 0 aliphatic heterocycles. The lowest BCUT2D eigenvalue weighted by atomic mass is 10.0. The Balaban J connectivity index is 1.72. The van der Waals surface area contributed by atoms with Gasteiger partial charge in [-0.2, -0.15) is 0 Å². The van der Waals surface area contributed by atoms with Crippen LogP contribution in [0.15, 0.2) is 65.7 Å². The van der Waals surface area contributed by atoms with Gasteiger partial charge in [0, 0.05) is 47.4 Å². The molecule has 0 bridgehead atoms. The summed E-state index contributed by atoms with van der Waals surface area (Å²) in [6.07, 6.45) is 3.63. The molecule has 0 saturated heterocycles. The molecule has 4 rings (SSSR count). The molecular weight excluding hydrogens is 540 g/mol. The molecule has 1 heterocycles. The van der Waals surface area contributed by atoms with Gasteiger partial charge in [-0.3, -0.25) is 9.78 Å². The number of nitrogens with one attached hydrogen (secondary N) is 2. The van der Waals surface area contributed by atoms with Gasteiger partial charge in [0.1, 0.15) is 0 Å². The fraction of sp³-hybridized carbons (Fsp3) is 0.290. The van der Waals surface area contributed by atoms with Crippen molar-refractivity contribution in [2.75, 3.05) is 30.1 Å². The molecule has 3 aromatic carbocycles. The Morgan fingerprint density at radius 1 is 0.951 bits per heavy atom. The Bertz CT molecular complexity index is 1650. The average Bonchev–Trinajstić information content (AvgIpc) is 2.93. The number of carbonyl (C=O) groups excluding carboxylic acids is 1. The average molecular weight is 577 g/mol. The van der Waals surface area contributed by atoms with E-state index in [0.717, 1.165) is 40.0 Å². The maximum atomic E-state index is 12.0. The van der Waals surface area contributed by atoms with E-state index in [4.69, 9.17) is 15.2 Å². The molecule has 1 amide bonds. The monoisotopic (exact) mass is 576 g/mol. The standard InChI is InChI=1S/C31H36N4O5S/c1-5-24-20(18-33-22-11-13-23(14-12-22)41(4,37)38)9-8-10-26(24)35-31-21(15-30(32)36)19-34-27-17-29(40-7-3)28(39-6-2)16-25(27)31/h8-14,16-17,19,33H,5-7,15,18H2,1-4H3,(H2,32,36)(H,34,35). The first-order valence-corrected chi connectivity index (χ1v) is 15.4. The number of rotatable bonds is 13. The second kappa shape index (κ2) is 12.9. The number of hydrogen-bond donors (Lipinski definition) is 3. The van der Waals surface area contributed by atoms with Crippen molar-refractivity contribution in [2.24, 2.45) is 5.73 Å². The maximum Gasteiger partial charge on any atom is 0.221 e. The number of benzene rings is 3. The predicted octanol–water partition coefficient (Wildman–Crippen LogP) is 5.38. The molecule has 0 aliphatic carbocycles. The van der Waals surface area contributed by atoms with Gasteiger partial charge in [-0.25, -0.2) is 8.42 Å². The number of anilines is 3. The molecule has 10 heteroatoms. The van der Waals surface area contributed by atoms with Crippen LogP contribution in [0.2, 0.25) is 0 Å². The summed E-state index contributed by atoms with van der Waals surface area (Å²) in [6, 6.07) is 16.5. The highest BCUT2D eigenvalue weighted by molar-refractivity contribution is 7.90. The summed E-state index contributed by atoms with van der Waals surface area (Å²) in [5.74, 6) is 0.744. The third-order valence-corrected chi connectivity index (χ3v) is 7.76. The van der Waals surface area contributed by atoms with E-state index in [2.05, 4.69) is 28.6 Å². The van der Waals surface area contributed by atoms with Crippen LogP contribution in [0.25, 0.3) is 10.9 Å². The smallest absolute Gasteiger partial charge is 0.221 e.